The number of methoxy groups -OCH3 is 1. The molecule has 3 nitrogen and oxygen atoms in total. The number of benzene rings is 1. The summed E-state index contributed by atoms with van der Waals surface area (Å²) in [5.74, 6) is -0.584. The van der Waals surface area contributed by atoms with Crippen LogP contribution >= 0.6 is 0 Å². The van der Waals surface area contributed by atoms with Crippen molar-refractivity contribution in [1.29, 1.82) is 0 Å². The normalized spacial score (nSPS) is 12.2. The first-order chi connectivity index (χ1) is 9.60. The number of hydrogen-bond donors (Lipinski definition) is 1. The maximum absolute atomic E-state index is 13.6. The fourth-order valence-corrected chi connectivity index (χ4v) is 1.91. The minimum absolute atomic E-state index is 0.227. The summed E-state index contributed by atoms with van der Waals surface area (Å²) in [5.41, 5.74) is 1.42. The molecule has 106 valence electrons. The van der Waals surface area contributed by atoms with Crippen molar-refractivity contribution in [3.63, 3.8) is 0 Å². The van der Waals surface area contributed by atoms with Gasteiger partial charge < -0.3 is 10.1 Å². The van der Waals surface area contributed by atoms with Crippen LogP contribution in [0.4, 0.5) is 8.78 Å². The monoisotopic (exact) mass is 278 g/mol. The van der Waals surface area contributed by atoms with Crippen LogP contribution in [0.2, 0.25) is 0 Å². The van der Waals surface area contributed by atoms with Gasteiger partial charge in [-0.2, -0.15) is 0 Å². The Bertz CT molecular complexity index is 590. The zero-order valence-corrected chi connectivity index (χ0v) is 11.4. The molecule has 0 aliphatic heterocycles. The highest BCUT2D eigenvalue weighted by atomic mass is 19.1. The number of nitrogens with zero attached hydrogens (tertiary/aromatic N) is 1. The predicted molar refractivity (Wildman–Crippen MR) is 72.4 cm³/mol. The molecule has 0 aliphatic rings. The van der Waals surface area contributed by atoms with Crippen LogP contribution in [0.3, 0.4) is 0 Å². The Kier molecular flexibility index (Phi) is 4.63. The number of nitrogens with one attached hydrogen (secondary N) is 1. The van der Waals surface area contributed by atoms with Crippen LogP contribution in [-0.2, 0) is 6.54 Å². The van der Waals surface area contributed by atoms with Gasteiger partial charge in [-0.25, -0.2) is 13.8 Å². The van der Waals surface area contributed by atoms with Crippen molar-refractivity contribution < 1.29 is 13.5 Å². The average Bonchev–Trinajstić information content (AvgIpc) is 2.45. The lowest BCUT2D eigenvalue weighted by molar-refractivity contribution is 0.397. The van der Waals surface area contributed by atoms with E-state index >= 15 is 0 Å². The molecule has 2 rings (SSSR count). The van der Waals surface area contributed by atoms with Gasteiger partial charge in [0, 0.05) is 36.5 Å². The van der Waals surface area contributed by atoms with Crippen molar-refractivity contribution in [2.75, 3.05) is 7.11 Å². The van der Waals surface area contributed by atoms with Gasteiger partial charge in [-0.3, -0.25) is 0 Å². The van der Waals surface area contributed by atoms with E-state index in [1.165, 1.54) is 12.1 Å². The van der Waals surface area contributed by atoms with Crippen LogP contribution in [0.1, 0.15) is 24.1 Å². The highest BCUT2D eigenvalue weighted by Crippen LogP contribution is 2.18. The zero-order valence-electron chi connectivity index (χ0n) is 11.4. The van der Waals surface area contributed by atoms with Gasteiger partial charge in [-0.05, 0) is 24.6 Å². The SMILES string of the molecule is COc1cc(CNC(C)c2ccc(F)cc2F)ccn1. The zero-order chi connectivity index (χ0) is 14.5. The lowest BCUT2D eigenvalue weighted by Gasteiger charge is -2.15. The Hall–Kier alpha value is -2.01. The van der Waals surface area contributed by atoms with Crippen molar-refractivity contribution in [2.45, 2.75) is 19.5 Å². The van der Waals surface area contributed by atoms with Gasteiger partial charge in [0.05, 0.1) is 7.11 Å². The topological polar surface area (TPSA) is 34.1 Å². The van der Waals surface area contributed by atoms with Crippen LogP contribution in [0, 0.1) is 11.6 Å². The molecule has 1 heterocycles. The lowest BCUT2D eigenvalue weighted by Crippen LogP contribution is -2.19. The van der Waals surface area contributed by atoms with Crippen molar-refractivity contribution in [3.8, 4) is 5.88 Å². The third kappa shape index (κ3) is 3.51. The Morgan fingerprint density at radius 2 is 2.05 bits per heavy atom. The van der Waals surface area contributed by atoms with Gasteiger partial charge in [0.2, 0.25) is 5.88 Å². The standard InChI is InChI=1S/C15H16F2N2O/c1-10(13-4-3-12(16)8-14(13)17)19-9-11-5-6-18-15(7-11)20-2/h3-8,10,19H,9H2,1-2H3. The quantitative estimate of drug-likeness (QED) is 0.912. The van der Waals surface area contributed by atoms with Crippen molar-refractivity contribution >= 4 is 0 Å². The maximum atomic E-state index is 13.6. The first kappa shape index (κ1) is 14.4. The van der Waals surface area contributed by atoms with Crippen molar-refractivity contribution in [3.05, 3.63) is 59.3 Å². The average molecular weight is 278 g/mol. The second-order valence-electron chi connectivity index (χ2n) is 4.47. The van der Waals surface area contributed by atoms with E-state index < -0.39 is 11.6 Å². The minimum Gasteiger partial charge on any atom is -0.481 e. The first-order valence-corrected chi connectivity index (χ1v) is 6.27. The van der Waals surface area contributed by atoms with Gasteiger partial charge in [0.15, 0.2) is 0 Å². The third-order valence-corrected chi connectivity index (χ3v) is 3.05. The first-order valence-electron chi connectivity index (χ1n) is 6.27. The Morgan fingerprint density at radius 1 is 1.25 bits per heavy atom. The van der Waals surface area contributed by atoms with Gasteiger partial charge in [0.1, 0.15) is 11.6 Å². The fraction of sp³-hybridized carbons (Fsp3) is 0.267. The number of halogens is 2. The summed E-state index contributed by atoms with van der Waals surface area (Å²) in [6, 6.07) is 7.03. The van der Waals surface area contributed by atoms with Crippen molar-refractivity contribution in [1.82, 2.24) is 10.3 Å². The molecular weight excluding hydrogens is 262 g/mol. The van der Waals surface area contributed by atoms with E-state index in [9.17, 15) is 8.78 Å². The molecule has 0 saturated carbocycles. The second kappa shape index (κ2) is 6.43. The Morgan fingerprint density at radius 3 is 2.75 bits per heavy atom. The molecule has 1 aromatic heterocycles. The molecule has 0 spiro atoms. The summed E-state index contributed by atoms with van der Waals surface area (Å²) in [6.45, 7) is 2.37. The molecule has 1 aromatic carbocycles. The number of rotatable bonds is 5. The number of pyridine rings is 1. The molecule has 2 aromatic rings. The minimum atomic E-state index is -0.572. The third-order valence-electron chi connectivity index (χ3n) is 3.05. The largest absolute Gasteiger partial charge is 0.481 e. The molecular formula is C15H16F2N2O. The van der Waals surface area contributed by atoms with Gasteiger partial charge in [0.25, 0.3) is 0 Å². The van der Waals surface area contributed by atoms with E-state index in [0.717, 1.165) is 11.6 Å². The van der Waals surface area contributed by atoms with Gasteiger partial charge >= 0.3 is 0 Å². The summed E-state index contributed by atoms with van der Waals surface area (Å²) < 4.78 is 31.5. The van der Waals surface area contributed by atoms with Gasteiger partial charge in [-0.1, -0.05) is 6.07 Å². The smallest absolute Gasteiger partial charge is 0.213 e. The molecule has 5 heteroatoms. The lowest BCUT2D eigenvalue weighted by atomic mass is 10.1. The van der Waals surface area contributed by atoms with Crippen LogP contribution in [0.5, 0.6) is 5.88 Å². The number of aromatic nitrogens is 1. The fourth-order valence-electron chi connectivity index (χ4n) is 1.91. The van der Waals surface area contributed by atoms with E-state index in [1.807, 2.05) is 13.0 Å². The molecule has 0 aliphatic carbocycles. The Labute approximate surface area is 116 Å². The maximum Gasteiger partial charge on any atom is 0.213 e. The van der Waals surface area contributed by atoms with E-state index in [0.29, 0.717) is 18.0 Å². The molecule has 1 unspecified atom stereocenters. The van der Waals surface area contributed by atoms with Crippen molar-refractivity contribution in [2.24, 2.45) is 0 Å². The molecule has 20 heavy (non-hydrogen) atoms. The van der Waals surface area contributed by atoms with E-state index in [2.05, 4.69) is 10.3 Å². The van der Waals surface area contributed by atoms with Crippen LogP contribution in [0.15, 0.2) is 36.5 Å². The van der Waals surface area contributed by atoms with E-state index in [1.54, 1.807) is 19.4 Å². The van der Waals surface area contributed by atoms with E-state index in [-0.39, 0.29) is 6.04 Å². The molecule has 0 fully saturated rings. The molecule has 1 N–H and O–H groups in total. The van der Waals surface area contributed by atoms with Crippen LogP contribution < -0.4 is 10.1 Å². The summed E-state index contributed by atoms with van der Waals surface area (Å²) in [5, 5.41) is 3.18. The van der Waals surface area contributed by atoms with Gasteiger partial charge in [-0.15, -0.1) is 0 Å². The summed E-state index contributed by atoms with van der Waals surface area (Å²) >= 11 is 0. The number of ether oxygens (including phenoxy) is 1. The number of hydrogen-bond acceptors (Lipinski definition) is 3. The molecule has 0 saturated heterocycles. The van der Waals surface area contributed by atoms with Crippen LogP contribution in [-0.4, -0.2) is 12.1 Å². The highest BCUT2D eigenvalue weighted by molar-refractivity contribution is 5.23. The Balaban J connectivity index is 2.02. The predicted octanol–water partition coefficient (Wildman–Crippen LogP) is 3.22. The summed E-state index contributed by atoms with van der Waals surface area (Å²) in [7, 11) is 1.55. The highest BCUT2D eigenvalue weighted by Gasteiger charge is 2.11. The second-order valence-corrected chi connectivity index (χ2v) is 4.47. The molecule has 0 amide bonds. The molecule has 1 atom stereocenters. The van der Waals surface area contributed by atoms with Crippen LogP contribution in [0.25, 0.3) is 0 Å². The summed E-state index contributed by atoms with van der Waals surface area (Å²) in [6.07, 6.45) is 1.65. The van der Waals surface area contributed by atoms with E-state index in [4.69, 9.17) is 4.74 Å². The summed E-state index contributed by atoms with van der Waals surface area (Å²) in [4.78, 5) is 4.02. The molecule has 0 radical (unpaired) electrons. The molecule has 0 bridgehead atoms.